The highest BCUT2D eigenvalue weighted by molar-refractivity contribution is 5.94. The molecule has 3 amide bonds. The second-order valence-electron chi connectivity index (χ2n) is 6.01. The summed E-state index contributed by atoms with van der Waals surface area (Å²) >= 11 is 0. The average Bonchev–Trinajstić information content (AvgIpc) is 3.06. The zero-order valence-corrected chi connectivity index (χ0v) is 14.3. The molecular formula is C19H20FN3O3. The lowest BCUT2D eigenvalue weighted by Crippen LogP contribution is -2.46. The van der Waals surface area contributed by atoms with Gasteiger partial charge < -0.3 is 20.3 Å². The monoisotopic (exact) mass is 357 g/mol. The topological polar surface area (TPSA) is 70.7 Å². The number of halogens is 1. The number of ether oxygens (including phenoxy) is 1. The van der Waals surface area contributed by atoms with Crippen molar-refractivity contribution in [2.45, 2.75) is 18.6 Å². The smallest absolute Gasteiger partial charge is 0.322 e. The number of para-hydroxylation sites is 1. The number of hydrogen-bond donors (Lipinski definition) is 2. The third-order valence-electron chi connectivity index (χ3n) is 4.19. The van der Waals surface area contributed by atoms with Crippen molar-refractivity contribution < 1.29 is 18.7 Å². The van der Waals surface area contributed by atoms with Crippen LogP contribution in [0.3, 0.4) is 0 Å². The van der Waals surface area contributed by atoms with Gasteiger partial charge >= 0.3 is 6.03 Å². The quantitative estimate of drug-likeness (QED) is 0.884. The van der Waals surface area contributed by atoms with Crippen molar-refractivity contribution >= 4 is 17.6 Å². The molecule has 0 aliphatic carbocycles. The summed E-state index contributed by atoms with van der Waals surface area (Å²) in [7, 11) is 1.52. The van der Waals surface area contributed by atoms with Crippen molar-refractivity contribution in [1.82, 2.24) is 10.2 Å². The molecule has 1 aliphatic rings. The van der Waals surface area contributed by atoms with Crippen molar-refractivity contribution in [3.8, 4) is 5.75 Å². The fourth-order valence-corrected chi connectivity index (χ4v) is 2.98. The lowest BCUT2D eigenvalue weighted by Gasteiger charge is -2.23. The van der Waals surface area contributed by atoms with Crippen LogP contribution in [0.25, 0.3) is 0 Å². The second kappa shape index (κ2) is 7.86. The molecule has 1 aliphatic heterocycles. The predicted octanol–water partition coefficient (Wildman–Crippen LogP) is 2.63. The number of rotatable bonds is 4. The summed E-state index contributed by atoms with van der Waals surface area (Å²) < 4.78 is 19.2. The molecule has 2 atom stereocenters. The first kappa shape index (κ1) is 17.7. The molecule has 0 unspecified atom stereocenters. The number of hydrogen-bond acceptors (Lipinski definition) is 3. The maximum absolute atomic E-state index is 13.3. The molecule has 0 aromatic heterocycles. The van der Waals surface area contributed by atoms with E-state index in [9.17, 15) is 14.0 Å². The van der Waals surface area contributed by atoms with Crippen molar-refractivity contribution in [2.75, 3.05) is 18.9 Å². The van der Waals surface area contributed by atoms with E-state index in [4.69, 9.17) is 4.74 Å². The van der Waals surface area contributed by atoms with Crippen molar-refractivity contribution in [2.24, 2.45) is 0 Å². The van der Waals surface area contributed by atoms with Gasteiger partial charge in [0.1, 0.15) is 23.7 Å². The lowest BCUT2D eigenvalue weighted by molar-refractivity contribution is -0.124. The van der Waals surface area contributed by atoms with Gasteiger partial charge in [-0.2, -0.15) is 0 Å². The number of benzene rings is 2. The average molecular weight is 357 g/mol. The van der Waals surface area contributed by atoms with E-state index in [1.807, 2.05) is 30.3 Å². The Labute approximate surface area is 150 Å². The van der Waals surface area contributed by atoms with Crippen LogP contribution in [0.1, 0.15) is 6.42 Å². The van der Waals surface area contributed by atoms with E-state index in [-0.39, 0.29) is 18.6 Å². The Balaban J connectivity index is 1.72. The fraction of sp³-hybridized carbons (Fsp3) is 0.263. The highest BCUT2D eigenvalue weighted by Gasteiger charge is 2.40. The molecule has 2 aromatic carbocycles. The Morgan fingerprint density at radius 1 is 1.15 bits per heavy atom. The number of nitrogens with zero attached hydrogens (tertiary/aromatic N) is 1. The molecule has 1 saturated heterocycles. The fourth-order valence-electron chi connectivity index (χ4n) is 2.98. The molecule has 136 valence electrons. The van der Waals surface area contributed by atoms with Gasteiger partial charge in [0.05, 0.1) is 6.54 Å². The standard InChI is InChI=1S/C19H20FN3O3/c1-21-18(24)17-11-16(26-15-8-3-2-4-9-15)12-23(17)19(25)22-14-7-5-6-13(20)10-14/h2-10,16-17H,11-12H2,1H3,(H,21,24)(H,22,25)/t16-,17+/m0/s1. The normalized spacial score (nSPS) is 19.1. The zero-order valence-electron chi connectivity index (χ0n) is 14.3. The minimum atomic E-state index is -0.651. The van der Waals surface area contributed by atoms with Gasteiger partial charge in [-0.25, -0.2) is 9.18 Å². The number of likely N-dealkylation sites (tertiary alicyclic amines) is 1. The third-order valence-corrected chi connectivity index (χ3v) is 4.19. The SMILES string of the molecule is CNC(=O)[C@H]1C[C@H](Oc2ccccc2)CN1C(=O)Nc1cccc(F)c1. The van der Waals surface area contributed by atoms with Crippen LogP contribution in [-0.4, -0.2) is 42.6 Å². The highest BCUT2D eigenvalue weighted by atomic mass is 19.1. The summed E-state index contributed by atoms with van der Waals surface area (Å²) in [4.78, 5) is 26.2. The molecule has 0 radical (unpaired) electrons. The van der Waals surface area contributed by atoms with Gasteiger partial charge in [-0.15, -0.1) is 0 Å². The Hall–Kier alpha value is -3.09. The van der Waals surface area contributed by atoms with E-state index in [1.165, 1.54) is 30.1 Å². The largest absolute Gasteiger partial charge is 0.488 e. The number of amides is 3. The van der Waals surface area contributed by atoms with E-state index < -0.39 is 17.9 Å². The number of nitrogens with one attached hydrogen (secondary N) is 2. The van der Waals surface area contributed by atoms with E-state index in [0.717, 1.165) is 0 Å². The van der Waals surface area contributed by atoms with E-state index in [0.29, 0.717) is 17.9 Å². The first-order valence-electron chi connectivity index (χ1n) is 8.33. The Morgan fingerprint density at radius 2 is 1.92 bits per heavy atom. The number of carbonyl (C=O) groups excluding carboxylic acids is 2. The summed E-state index contributed by atoms with van der Waals surface area (Å²) in [6.07, 6.45) is 0.0727. The molecule has 0 saturated carbocycles. The maximum Gasteiger partial charge on any atom is 0.322 e. The van der Waals surface area contributed by atoms with Crippen molar-refractivity contribution in [3.05, 3.63) is 60.4 Å². The van der Waals surface area contributed by atoms with Crippen LogP contribution in [0.15, 0.2) is 54.6 Å². The van der Waals surface area contributed by atoms with Gasteiger partial charge in [0.25, 0.3) is 0 Å². The molecule has 1 heterocycles. The van der Waals surface area contributed by atoms with E-state index >= 15 is 0 Å². The van der Waals surface area contributed by atoms with Gasteiger partial charge in [0.2, 0.25) is 5.91 Å². The second-order valence-corrected chi connectivity index (χ2v) is 6.01. The molecule has 7 heteroatoms. The number of urea groups is 1. The Kier molecular flexibility index (Phi) is 5.36. The molecule has 6 nitrogen and oxygen atoms in total. The highest BCUT2D eigenvalue weighted by Crippen LogP contribution is 2.24. The molecule has 2 N–H and O–H groups in total. The zero-order chi connectivity index (χ0) is 18.5. The molecule has 3 rings (SSSR count). The first-order chi connectivity index (χ1) is 12.6. The summed E-state index contributed by atoms with van der Waals surface area (Å²) in [6.45, 7) is 0.258. The predicted molar refractivity (Wildman–Crippen MR) is 95.5 cm³/mol. The van der Waals surface area contributed by atoms with Crippen LogP contribution < -0.4 is 15.4 Å². The molecular weight excluding hydrogens is 337 g/mol. The van der Waals surface area contributed by atoms with Gasteiger partial charge in [-0.3, -0.25) is 4.79 Å². The molecule has 2 aromatic rings. The molecule has 26 heavy (non-hydrogen) atoms. The van der Waals surface area contributed by atoms with Crippen LogP contribution >= 0.6 is 0 Å². The van der Waals surface area contributed by atoms with Crippen molar-refractivity contribution in [1.29, 1.82) is 0 Å². The molecule has 1 fully saturated rings. The van der Waals surface area contributed by atoms with Crippen molar-refractivity contribution in [3.63, 3.8) is 0 Å². The van der Waals surface area contributed by atoms with Gasteiger partial charge in [0, 0.05) is 19.2 Å². The summed E-state index contributed by atoms with van der Waals surface area (Å²) in [5.74, 6) is -0.0311. The van der Waals surface area contributed by atoms with E-state index in [2.05, 4.69) is 10.6 Å². The van der Waals surface area contributed by atoms with Crippen LogP contribution in [0, 0.1) is 5.82 Å². The first-order valence-corrected chi connectivity index (χ1v) is 8.33. The Morgan fingerprint density at radius 3 is 2.62 bits per heavy atom. The summed E-state index contributed by atoms with van der Waals surface area (Å²) in [6, 6.07) is 13.7. The maximum atomic E-state index is 13.3. The van der Waals surface area contributed by atoms with Gasteiger partial charge in [0.15, 0.2) is 0 Å². The third kappa shape index (κ3) is 4.11. The van der Waals surface area contributed by atoms with Crippen LogP contribution in [-0.2, 0) is 4.79 Å². The van der Waals surface area contributed by atoms with Crippen LogP contribution in [0.4, 0.5) is 14.9 Å². The molecule has 0 bridgehead atoms. The number of anilines is 1. The van der Waals surface area contributed by atoms with Gasteiger partial charge in [-0.05, 0) is 30.3 Å². The Bertz CT molecular complexity index is 785. The van der Waals surface area contributed by atoms with Gasteiger partial charge in [-0.1, -0.05) is 24.3 Å². The van der Waals surface area contributed by atoms with Crippen LogP contribution in [0.5, 0.6) is 5.75 Å². The van der Waals surface area contributed by atoms with E-state index in [1.54, 1.807) is 6.07 Å². The minimum absolute atomic E-state index is 0.258. The number of carbonyl (C=O) groups is 2. The van der Waals surface area contributed by atoms with Crippen LogP contribution in [0.2, 0.25) is 0 Å². The minimum Gasteiger partial charge on any atom is -0.488 e. The summed E-state index contributed by atoms with van der Waals surface area (Å²) in [5, 5.41) is 5.20. The summed E-state index contributed by atoms with van der Waals surface area (Å²) in [5.41, 5.74) is 0.332. The number of likely N-dealkylation sites (N-methyl/N-ethyl adjacent to an activating group) is 1. The lowest BCUT2D eigenvalue weighted by atomic mass is 10.2. The molecule has 0 spiro atoms.